The van der Waals surface area contributed by atoms with Crippen LogP contribution in [0.1, 0.15) is 45.3 Å². The van der Waals surface area contributed by atoms with Gasteiger partial charge in [0.05, 0.1) is 50.9 Å². The van der Waals surface area contributed by atoms with Crippen molar-refractivity contribution in [1.82, 2.24) is 14.4 Å². The number of carbonyl (C=O) groups is 3. The summed E-state index contributed by atoms with van der Waals surface area (Å²) in [6.07, 6.45) is 1.70. The number of pyridine rings is 1. The molecule has 0 aliphatic carbocycles. The maximum atomic E-state index is 13.8. The Morgan fingerprint density at radius 2 is 1.71 bits per heavy atom. The van der Waals surface area contributed by atoms with E-state index in [1.54, 1.807) is 61.7 Å². The van der Waals surface area contributed by atoms with E-state index < -0.39 is 29.5 Å². The van der Waals surface area contributed by atoms with E-state index in [4.69, 9.17) is 18.9 Å². The first kappa shape index (κ1) is 28.6. The number of hydrogen-bond donors (Lipinski definition) is 1. The Balaban J connectivity index is 1.81. The number of hydrogen-bond acceptors (Lipinski definition) is 11. The summed E-state index contributed by atoms with van der Waals surface area (Å²) in [5, 5.41) is 11.9. The molecule has 218 valence electrons. The molecular weight excluding hydrogens is 564 g/mol. The van der Waals surface area contributed by atoms with Gasteiger partial charge in [-0.15, -0.1) is 0 Å². The minimum atomic E-state index is -1.19. The average molecular weight is 593 g/mol. The normalized spacial score (nSPS) is 16.2. The number of rotatable bonds is 8. The van der Waals surface area contributed by atoms with Crippen LogP contribution in [0.4, 0.5) is 5.13 Å². The van der Waals surface area contributed by atoms with Gasteiger partial charge in [0.25, 0.3) is 5.78 Å². The van der Waals surface area contributed by atoms with Gasteiger partial charge in [-0.1, -0.05) is 17.4 Å². The number of ketones is 1. The zero-order valence-electron chi connectivity index (χ0n) is 23.8. The van der Waals surface area contributed by atoms with E-state index in [1.807, 2.05) is 0 Å². The van der Waals surface area contributed by atoms with Crippen LogP contribution < -0.4 is 19.1 Å². The molecule has 1 aliphatic heterocycles. The van der Waals surface area contributed by atoms with E-state index in [0.717, 1.165) is 16.2 Å². The third kappa shape index (κ3) is 4.51. The van der Waals surface area contributed by atoms with Crippen LogP contribution in [0.2, 0.25) is 0 Å². The largest absolute Gasteiger partial charge is 0.505 e. The van der Waals surface area contributed by atoms with Crippen molar-refractivity contribution in [3.63, 3.8) is 0 Å². The molecule has 1 saturated heterocycles. The fraction of sp³-hybridized carbons (Fsp3) is 0.276. The van der Waals surface area contributed by atoms with Gasteiger partial charge in [0.15, 0.2) is 22.4 Å². The fourth-order valence-electron chi connectivity index (χ4n) is 5.00. The molecule has 1 fully saturated rings. The van der Waals surface area contributed by atoms with Gasteiger partial charge in [-0.05, 0) is 50.6 Å². The molecule has 13 heteroatoms. The second kappa shape index (κ2) is 11.2. The number of carbonyl (C=O) groups excluding carboxylic acids is 3. The zero-order valence-corrected chi connectivity index (χ0v) is 24.6. The fourth-order valence-corrected chi connectivity index (χ4v) is 5.99. The molecule has 12 nitrogen and oxygen atoms in total. The van der Waals surface area contributed by atoms with Crippen LogP contribution >= 0.6 is 11.3 Å². The minimum Gasteiger partial charge on any atom is -0.505 e. The Kier molecular flexibility index (Phi) is 7.61. The molecule has 1 aromatic carbocycles. The molecule has 0 spiro atoms. The summed E-state index contributed by atoms with van der Waals surface area (Å²) >= 11 is 0.912. The monoisotopic (exact) mass is 592 g/mol. The molecule has 3 aromatic heterocycles. The van der Waals surface area contributed by atoms with Gasteiger partial charge in [0.1, 0.15) is 16.2 Å². The number of methoxy groups -OCH3 is 3. The number of esters is 1. The van der Waals surface area contributed by atoms with E-state index in [1.165, 1.54) is 21.3 Å². The topological polar surface area (TPSA) is 142 Å². The van der Waals surface area contributed by atoms with Gasteiger partial charge in [0, 0.05) is 6.20 Å². The number of aromatic nitrogens is 3. The molecule has 0 saturated carbocycles. The van der Waals surface area contributed by atoms with Gasteiger partial charge in [0.2, 0.25) is 5.75 Å². The van der Waals surface area contributed by atoms with Crippen molar-refractivity contribution in [3.05, 3.63) is 69.6 Å². The summed E-state index contributed by atoms with van der Waals surface area (Å²) in [6, 6.07) is 7.31. The molecule has 4 heterocycles. The number of anilines is 1. The van der Waals surface area contributed by atoms with Gasteiger partial charge in [-0.3, -0.25) is 18.9 Å². The third-order valence-electron chi connectivity index (χ3n) is 6.83. The SMILES string of the molecule is CCOC(=O)c1sc(N2C(=O)C(=O)/C(=C(/O)c3c(C)nc4ccccn34)C2c2cc(OC)c(OC)c(OC)c2)nc1C. The molecule has 0 bridgehead atoms. The standard InChI is InChI=1S/C29H28N4O8S/c1-7-41-28(37)26-15(3)31-29(42-26)33-22(16-12-17(38-4)25(40-6)18(13-16)39-5)20(24(35)27(33)36)23(34)21-14(2)30-19-10-8-9-11-32(19)21/h8-13,22,34H,7H2,1-6H3/b23-20+. The van der Waals surface area contributed by atoms with E-state index in [-0.39, 0.29) is 39.4 Å². The van der Waals surface area contributed by atoms with Crippen molar-refractivity contribution in [2.75, 3.05) is 32.8 Å². The van der Waals surface area contributed by atoms with Crippen molar-refractivity contribution in [1.29, 1.82) is 0 Å². The van der Waals surface area contributed by atoms with Crippen LogP contribution in [0.3, 0.4) is 0 Å². The number of amides is 1. The maximum Gasteiger partial charge on any atom is 0.350 e. The molecule has 0 radical (unpaired) electrons. The number of fused-ring (bicyclic) bond motifs is 1. The lowest BCUT2D eigenvalue weighted by Gasteiger charge is -2.24. The Morgan fingerprint density at radius 3 is 2.33 bits per heavy atom. The van der Waals surface area contributed by atoms with E-state index in [9.17, 15) is 19.5 Å². The number of Topliss-reactive ketones (excluding diaryl/α,β-unsaturated/α-hetero) is 1. The van der Waals surface area contributed by atoms with E-state index in [2.05, 4.69) is 9.97 Å². The lowest BCUT2D eigenvalue weighted by molar-refractivity contribution is -0.132. The van der Waals surface area contributed by atoms with Crippen LogP contribution in [-0.2, 0) is 14.3 Å². The van der Waals surface area contributed by atoms with Crippen LogP contribution in [0.25, 0.3) is 11.4 Å². The lowest BCUT2D eigenvalue weighted by Crippen LogP contribution is -2.29. The van der Waals surface area contributed by atoms with Crippen molar-refractivity contribution < 1.29 is 38.4 Å². The molecule has 1 atom stereocenters. The second-order valence-corrected chi connectivity index (χ2v) is 10.2. The number of ether oxygens (including phenoxy) is 4. The third-order valence-corrected chi connectivity index (χ3v) is 7.96. The van der Waals surface area contributed by atoms with E-state index >= 15 is 0 Å². The molecule has 1 unspecified atom stereocenters. The summed E-state index contributed by atoms with van der Waals surface area (Å²) in [5.74, 6) is -2.07. The van der Waals surface area contributed by atoms with Crippen molar-refractivity contribution in [3.8, 4) is 17.2 Å². The minimum absolute atomic E-state index is 0.0744. The first-order valence-electron chi connectivity index (χ1n) is 12.9. The molecule has 1 N–H and O–H groups in total. The molecule has 1 amide bonds. The Morgan fingerprint density at radius 1 is 1.02 bits per heavy atom. The highest BCUT2D eigenvalue weighted by molar-refractivity contribution is 7.17. The lowest BCUT2D eigenvalue weighted by atomic mass is 9.95. The van der Waals surface area contributed by atoms with Crippen molar-refractivity contribution >= 4 is 45.5 Å². The first-order chi connectivity index (χ1) is 20.2. The van der Waals surface area contributed by atoms with E-state index in [0.29, 0.717) is 28.3 Å². The van der Waals surface area contributed by atoms with Gasteiger partial charge < -0.3 is 24.1 Å². The molecule has 42 heavy (non-hydrogen) atoms. The molecular formula is C29H28N4O8S. The highest BCUT2D eigenvalue weighted by Crippen LogP contribution is 2.48. The van der Waals surface area contributed by atoms with Crippen LogP contribution in [0, 0.1) is 13.8 Å². The first-order valence-corrected chi connectivity index (χ1v) is 13.7. The predicted molar refractivity (Wildman–Crippen MR) is 154 cm³/mol. The van der Waals surface area contributed by atoms with Crippen molar-refractivity contribution in [2.45, 2.75) is 26.8 Å². The average Bonchev–Trinajstić information content (AvgIpc) is 3.61. The number of benzene rings is 1. The van der Waals surface area contributed by atoms with Crippen molar-refractivity contribution in [2.24, 2.45) is 0 Å². The predicted octanol–water partition coefficient (Wildman–Crippen LogP) is 4.24. The maximum absolute atomic E-state index is 13.8. The quantitative estimate of drug-likeness (QED) is 0.137. The molecule has 4 aromatic rings. The summed E-state index contributed by atoms with van der Waals surface area (Å²) < 4.78 is 23.3. The number of thiazole rings is 1. The number of nitrogens with zero attached hydrogens (tertiary/aromatic N) is 4. The van der Waals surface area contributed by atoms with Gasteiger partial charge in [-0.25, -0.2) is 14.8 Å². The summed E-state index contributed by atoms with van der Waals surface area (Å²) in [6.45, 7) is 5.14. The zero-order chi connectivity index (χ0) is 30.3. The summed E-state index contributed by atoms with van der Waals surface area (Å²) in [5.41, 5.74) is 1.74. The Labute approximate surface area is 244 Å². The Hall–Kier alpha value is -4.91. The number of aryl methyl sites for hydroxylation is 2. The van der Waals surface area contributed by atoms with Crippen LogP contribution in [-0.4, -0.2) is 65.1 Å². The number of aliphatic hydroxyl groups excluding tert-OH is 1. The Bertz CT molecular complexity index is 1750. The van der Waals surface area contributed by atoms with Gasteiger partial charge in [-0.2, -0.15) is 0 Å². The van der Waals surface area contributed by atoms with Crippen LogP contribution in [0.5, 0.6) is 17.2 Å². The highest BCUT2D eigenvalue weighted by atomic mass is 32.1. The summed E-state index contributed by atoms with van der Waals surface area (Å²) in [4.78, 5) is 50.4. The molecule has 1 aliphatic rings. The highest BCUT2D eigenvalue weighted by Gasteiger charge is 2.49. The number of aliphatic hydroxyl groups is 1. The van der Waals surface area contributed by atoms with Crippen LogP contribution in [0.15, 0.2) is 42.1 Å². The summed E-state index contributed by atoms with van der Waals surface area (Å²) in [7, 11) is 4.33. The smallest absolute Gasteiger partial charge is 0.350 e. The number of imidazole rings is 1. The second-order valence-electron chi connectivity index (χ2n) is 9.23. The molecule has 5 rings (SSSR count). The van der Waals surface area contributed by atoms with Gasteiger partial charge >= 0.3 is 11.9 Å².